The SMILES string of the molecule is CCC1CC(O)c2cc(C(F)(F)F)ccc2N1C(=O)OC. The lowest BCUT2D eigenvalue weighted by Crippen LogP contribution is -2.44. The molecular formula is C14H16F3NO3. The Morgan fingerprint density at radius 1 is 1.48 bits per heavy atom. The predicted octanol–water partition coefficient (Wildman–Crippen LogP) is 3.49. The largest absolute Gasteiger partial charge is 0.452 e. The van der Waals surface area contributed by atoms with Crippen molar-refractivity contribution in [3.63, 3.8) is 0 Å². The lowest BCUT2D eigenvalue weighted by Gasteiger charge is -2.38. The topological polar surface area (TPSA) is 49.8 Å². The Kier molecular flexibility index (Phi) is 4.13. The number of rotatable bonds is 1. The Hall–Kier alpha value is -1.76. The van der Waals surface area contributed by atoms with Gasteiger partial charge in [-0.1, -0.05) is 6.92 Å². The number of nitrogens with zero attached hydrogens (tertiary/aromatic N) is 1. The molecule has 116 valence electrons. The molecule has 2 unspecified atom stereocenters. The van der Waals surface area contributed by atoms with Crippen LogP contribution in [0.4, 0.5) is 23.7 Å². The van der Waals surface area contributed by atoms with Gasteiger partial charge in [0.05, 0.1) is 24.5 Å². The van der Waals surface area contributed by atoms with Gasteiger partial charge in [-0.15, -0.1) is 0 Å². The first-order valence-corrected chi connectivity index (χ1v) is 6.56. The molecule has 0 aromatic heterocycles. The van der Waals surface area contributed by atoms with E-state index in [0.717, 1.165) is 12.1 Å². The number of amides is 1. The Labute approximate surface area is 120 Å². The van der Waals surface area contributed by atoms with Gasteiger partial charge in [0.1, 0.15) is 0 Å². The smallest absolute Gasteiger partial charge is 0.416 e. The van der Waals surface area contributed by atoms with Gasteiger partial charge in [0.2, 0.25) is 0 Å². The minimum Gasteiger partial charge on any atom is -0.452 e. The number of hydrogen-bond donors (Lipinski definition) is 1. The van der Waals surface area contributed by atoms with Crippen molar-refractivity contribution < 1.29 is 27.8 Å². The molecule has 0 saturated carbocycles. The van der Waals surface area contributed by atoms with Crippen LogP contribution in [-0.4, -0.2) is 24.4 Å². The average molecular weight is 303 g/mol. The van der Waals surface area contributed by atoms with E-state index >= 15 is 0 Å². The summed E-state index contributed by atoms with van der Waals surface area (Å²) >= 11 is 0. The second-order valence-corrected chi connectivity index (χ2v) is 4.92. The minimum atomic E-state index is -4.49. The highest BCUT2D eigenvalue weighted by molar-refractivity contribution is 5.90. The number of carbonyl (C=O) groups is 1. The molecule has 0 spiro atoms. The molecule has 0 aliphatic carbocycles. The first-order chi connectivity index (χ1) is 9.79. The van der Waals surface area contributed by atoms with Gasteiger partial charge in [0.25, 0.3) is 0 Å². The van der Waals surface area contributed by atoms with E-state index in [1.54, 1.807) is 0 Å². The summed E-state index contributed by atoms with van der Waals surface area (Å²) in [4.78, 5) is 13.2. The van der Waals surface area contributed by atoms with Crippen LogP contribution in [0.3, 0.4) is 0 Å². The zero-order valence-electron chi connectivity index (χ0n) is 11.6. The molecule has 1 aliphatic heterocycles. The Balaban J connectivity index is 2.53. The van der Waals surface area contributed by atoms with Crippen LogP contribution in [0, 0.1) is 0 Å². The number of aliphatic hydroxyl groups excluding tert-OH is 1. The summed E-state index contributed by atoms with van der Waals surface area (Å²) in [6.45, 7) is 1.84. The second kappa shape index (κ2) is 5.55. The van der Waals surface area contributed by atoms with Crippen LogP contribution in [-0.2, 0) is 10.9 Å². The summed E-state index contributed by atoms with van der Waals surface area (Å²) in [5, 5.41) is 10.1. The predicted molar refractivity (Wildman–Crippen MR) is 70.0 cm³/mol. The molecule has 1 aliphatic rings. The van der Waals surface area contributed by atoms with Crippen molar-refractivity contribution in [1.29, 1.82) is 0 Å². The molecule has 0 fully saturated rings. The number of benzene rings is 1. The van der Waals surface area contributed by atoms with E-state index in [0.29, 0.717) is 6.42 Å². The number of alkyl halides is 3. The van der Waals surface area contributed by atoms with E-state index in [2.05, 4.69) is 0 Å². The van der Waals surface area contributed by atoms with Gasteiger partial charge in [-0.25, -0.2) is 4.79 Å². The molecule has 0 radical (unpaired) electrons. The van der Waals surface area contributed by atoms with Crippen molar-refractivity contribution in [2.45, 2.75) is 38.1 Å². The molecule has 1 aromatic rings. The highest BCUT2D eigenvalue weighted by Crippen LogP contribution is 2.41. The monoisotopic (exact) mass is 303 g/mol. The summed E-state index contributed by atoms with van der Waals surface area (Å²) in [6, 6.07) is 2.69. The number of hydrogen-bond acceptors (Lipinski definition) is 3. The van der Waals surface area contributed by atoms with Crippen molar-refractivity contribution in [2.24, 2.45) is 0 Å². The number of fused-ring (bicyclic) bond motifs is 1. The fourth-order valence-corrected chi connectivity index (χ4v) is 2.60. The Bertz CT molecular complexity index is 545. The molecule has 1 N–H and O–H groups in total. The van der Waals surface area contributed by atoms with E-state index in [-0.39, 0.29) is 23.7 Å². The van der Waals surface area contributed by atoms with Gasteiger partial charge in [-0.05, 0) is 31.0 Å². The molecule has 1 amide bonds. The highest BCUT2D eigenvalue weighted by atomic mass is 19.4. The molecule has 0 bridgehead atoms. The molecular weight excluding hydrogens is 287 g/mol. The maximum Gasteiger partial charge on any atom is 0.416 e. The number of aliphatic hydroxyl groups is 1. The third kappa shape index (κ3) is 2.83. The van der Waals surface area contributed by atoms with Crippen LogP contribution in [0.25, 0.3) is 0 Å². The minimum absolute atomic E-state index is 0.0972. The highest BCUT2D eigenvalue weighted by Gasteiger charge is 2.38. The van der Waals surface area contributed by atoms with Crippen molar-refractivity contribution in [1.82, 2.24) is 0 Å². The fraction of sp³-hybridized carbons (Fsp3) is 0.500. The number of methoxy groups -OCH3 is 1. The summed E-state index contributed by atoms with van der Waals surface area (Å²) in [5.74, 6) is 0. The molecule has 2 atom stereocenters. The van der Waals surface area contributed by atoms with Gasteiger partial charge < -0.3 is 9.84 Å². The van der Waals surface area contributed by atoms with E-state index in [1.165, 1.54) is 18.1 Å². The maximum atomic E-state index is 12.8. The van der Waals surface area contributed by atoms with E-state index in [4.69, 9.17) is 4.74 Å². The van der Waals surface area contributed by atoms with Crippen LogP contribution in [0.15, 0.2) is 18.2 Å². The van der Waals surface area contributed by atoms with Crippen LogP contribution in [0.5, 0.6) is 0 Å². The van der Waals surface area contributed by atoms with Crippen LogP contribution >= 0.6 is 0 Å². The summed E-state index contributed by atoms with van der Waals surface area (Å²) < 4.78 is 43.0. The molecule has 2 rings (SSSR count). The lowest BCUT2D eigenvalue weighted by atomic mass is 9.91. The second-order valence-electron chi connectivity index (χ2n) is 4.92. The van der Waals surface area contributed by atoms with Crippen molar-refractivity contribution in [3.8, 4) is 0 Å². The molecule has 7 heteroatoms. The summed E-state index contributed by atoms with van der Waals surface area (Å²) in [6.07, 6.45) is -5.43. The van der Waals surface area contributed by atoms with Gasteiger partial charge in [-0.2, -0.15) is 13.2 Å². The quantitative estimate of drug-likeness (QED) is 0.864. The molecule has 0 saturated heterocycles. The molecule has 1 aromatic carbocycles. The Morgan fingerprint density at radius 2 is 2.14 bits per heavy atom. The van der Waals surface area contributed by atoms with Crippen molar-refractivity contribution >= 4 is 11.8 Å². The van der Waals surface area contributed by atoms with Crippen LogP contribution in [0.1, 0.15) is 37.0 Å². The Morgan fingerprint density at radius 3 is 2.67 bits per heavy atom. The average Bonchev–Trinajstić information content (AvgIpc) is 2.44. The van der Waals surface area contributed by atoms with Crippen molar-refractivity contribution in [3.05, 3.63) is 29.3 Å². The van der Waals surface area contributed by atoms with Gasteiger partial charge in [0, 0.05) is 11.6 Å². The first-order valence-electron chi connectivity index (χ1n) is 6.56. The third-order valence-corrected chi connectivity index (χ3v) is 3.68. The van der Waals surface area contributed by atoms with E-state index in [1.807, 2.05) is 6.92 Å². The molecule has 4 nitrogen and oxygen atoms in total. The van der Waals surface area contributed by atoms with Gasteiger partial charge >= 0.3 is 12.3 Å². The van der Waals surface area contributed by atoms with Gasteiger partial charge in [0.15, 0.2) is 0 Å². The first kappa shape index (κ1) is 15.6. The lowest BCUT2D eigenvalue weighted by molar-refractivity contribution is -0.137. The zero-order chi connectivity index (χ0) is 15.8. The van der Waals surface area contributed by atoms with Gasteiger partial charge in [-0.3, -0.25) is 4.90 Å². The van der Waals surface area contributed by atoms with E-state index in [9.17, 15) is 23.1 Å². The molecule has 1 heterocycles. The number of halogens is 3. The third-order valence-electron chi connectivity index (χ3n) is 3.68. The van der Waals surface area contributed by atoms with Crippen LogP contribution < -0.4 is 4.90 Å². The maximum absolute atomic E-state index is 12.8. The fourth-order valence-electron chi connectivity index (χ4n) is 2.60. The number of anilines is 1. The number of carbonyl (C=O) groups excluding carboxylic acids is 1. The summed E-state index contributed by atoms with van der Waals surface area (Å²) in [5.41, 5.74) is -0.486. The number of ether oxygens (including phenoxy) is 1. The van der Waals surface area contributed by atoms with Crippen LogP contribution in [0.2, 0.25) is 0 Å². The summed E-state index contributed by atoms with van der Waals surface area (Å²) in [7, 11) is 1.21. The zero-order valence-corrected chi connectivity index (χ0v) is 11.6. The standard InChI is InChI=1S/C14H16F3NO3/c1-3-9-7-12(19)10-6-8(14(15,16)17)4-5-11(10)18(9)13(20)21-2/h4-6,9,12,19H,3,7H2,1-2H3. The van der Waals surface area contributed by atoms with Crippen molar-refractivity contribution in [2.75, 3.05) is 12.0 Å². The van der Waals surface area contributed by atoms with E-state index < -0.39 is 23.9 Å². The molecule has 21 heavy (non-hydrogen) atoms. The normalized spacial score (nSPS) is 21.9.